The van der Waals surface area contributed by atoms with Crippen LogP contribution in [0.15, 0.2) is 42.7 Å². The van der Waals surface area contributed by atoms with Gasteiger partial charge in [-0.3, -0.25) is 19.5 Å². The van der Waals surface area contributed by atoms with Crippen LogP contribution in [0.2, 0.25) is 0 Å². The molecule has 1 N–H and O–H groups in total. The molecule has 3 aromatic rings. The highest BCUT2D eigenvalue weighted by Crippen LogP contribution is 2.25. The van der Waals surface area contributed by atoms with Crippen LogP contribution in [0.5, 0.6) is 0 Å². The van der Waals surface area contributed by atoms with Gasteiger partial charge in [0.2, 0.25) is 5.01 Å². The number of carbonyl (C=O) groups excluding carboxylic acids is 2. The molecule has 0 saturated heterocycles. The lowest BCUT2D eigenvalue weighted by atomic mass is 9.95. The van der Waals surface area contributed by atoms with Crippen molar-refractivity contribution in [3.63, 3.8) is 0 Å². The molecular formula is C21H18N6O2S. The number of terminal acetylenes is 1. The summed E-state index contributed by atoms with van der Waals surface area (Å²) >= 11 is 1.19. The molecule has 1 aliphatic heterocycles. The molecule has 0 fully saturated rings. The number of aromatic nitrogens is 4. The van der Waals surface area contributed by atoms with E-state index in [-0.39, 0.29) is 10.9 Å². The minimum absolute atomic E-state index is 0.185. The molecule has 150 valence electrons. The zero-order valence-corrected chi connectivity index (χ0v) is 17.0. The Morgan fingerprint density at radius 3 is 2.80 bits per heavy atom. The number of rotatable bonds is 4. The summed E-state index contributed by atoms with van der Waals surface area (Å²) < 4.78 is 0. The van der Waals surface area contributed by atoms with Gasteiger partial charge in [-0.1, -0.05) is 41.7 Å². The molecule has 1 aliphatic rings. The summed E-state index contributed by atoms with van der Waals surface area (Å²) in [6, 6.07) is 8.88. The lowest BCUT2D eigenvalue weighted by molar-refractivity contribution is -0.120. The van der Waals surface area contributed by atoms with E-state index in [1.54, 1.807) is 13.2 Å². The molecular weight excluding hydrogens is 400 g/mol. The van der Waals surface area contributed by atoms with Crippen LogP contribution in [0, 0.1) is 18.3 Å². The number of amides is 2. The molecule has 30 heavy (non-hydrogen) atoms. The molecule has 0 spiro atoms. The third kappa shape index (κ3) is 3.90. The Hall–Kier alpha value is -3.64. The van der Waals surface area contributed by atoms with Crippen molar-refractivity contribution in [2.24, 2.45) is 5.92 Å². The third-order valence-corrected chi connectivity index (χ3v) is 5.76. The third-order valence-electron chi connectivity index (χ3n) is 4.84. The Bertz CT molecular complexity index is 1120. The second-order valence-corrected chi connectivity index (χ2v) is 7.88. The molecule has 2 atom stereocenters. The largest absolute Gasteiger partial charge is 0.337 e. The number of carbonyl (C=O) groups is 2. The van der Waals surface area contributed by atoms with Crippen LogP contribution in [-0.4, -0.2) is 45.1 Å². The first kappa shape index (κ1) is 19.7. The van der Waals surface area contributed by atoms with E-state index in [1.807, 2.05) is 30.3 Å². The second kappa shape index (κ2) is 8.39. The van der Waals surface area contributed by atoms with Crippen molar-refractivity contribution in [1.29, 1.82) is 0 Å². The highest BCUT2D eigenvalue weighted by molar-refractivity contribution is 7.13. The molecule has 0 saturated carbocycles. The molecule has 8 nitrogen and oxygen atoms in total. The van der Waals surface area contributed by atoms with Gasteiger partial charge in [0.1, 0.15) is 11.0 Å². The zero-order valence-electron chi connectivity index (χ0n) is 16.1. The Balaban J connectivity index is 1.52. The Morgan fingerprint density at radius 2 is 2.03 bits per heavy atom. The normalized spacial score (nSPS) is 18.3. The lowest BCUT2D eigenvalue weighted by Gasteiger charge is -2.23. The number of nitrogens with one attached hydrogen (secondary N) is 1. The van der Waals surface area contributed by atoms with E-state index < -0.39 is 17.9 Å². The summed E-state index contributed by atoms with van der Waals surface area (Å²) in [5, 5.41) is 11.7. The van der Waals surface area contributed by atoms with Crippen LogP contribution in [0.1, 0.15) is 26.1 Å². The average Bonchev–Trinajstić information content (AvgIpc) is 3.21. The van der Waals surface area contributed by atoms with Crippen LogP contribution >= 0.6 is 11.3 Å². The maximum absolute atomic E-state index is 13.0. The molecule has 9 heteroatoms. The first-order valence-corrected chi connectivity index (χ1v) is 10.1. The first-order chi connectivity index (χ1) is 14.6. The molecule has 3 heterocycles. The van der Waals surface area contributed by atoms with E-state index in [0.717, 1.165) is 5.56 Å². The van der Waals surface area contributed by atoms with Gasteiger partial charge in [-0.15, -0.1) is 22.5 Å². The van der Waals surface area contributed by atoms with Crippen molar-refractivity contribution in [3.8, 4) is 12.3 Å². The number of fused-ring (bicyclic) bond motifs is 1. The minimum atomic E-state index is -0.912. The Morgan fingerprint density at radius 1 is 1.27 bits per heavy atom. The molecule has 0 unspecified atom stereocenters. The van der Waals surface area contributed by atoms with Crippen molar-refractivity contribution in [2.75, 3.05) is 11.9 Å². The Kier molecular flexibility index (Phi) is 5.50. The first-order valence-electron chi connectivity index (χ1n) is 9.27. The van der Waals surface area contributed by atoms with Crippen molar-refractivity contribution >= 4 is 29.0 Å². The molecule has 0 bridgehead atoms. The second-order valence-electron chi connectivity index (χ2n) is 6.82. The number of hydrogen-bond acceptors (Lipinski definition) is 7. The quantitative estimate of drug-likeness (QED) is 0.644. The van der Waals surface area contributed by atoms with E-state index in [0.29, 0.717) is 29.4 Å². The summed E-state index contributed by atoms with van der Waals surface area (Å²) in [4.78, 5) is 35.7. The van der Waals surface area contributed by atoms with E-state index in [1.165, 1.54) is 22.4 Å². The Labute approximate surface area is 177 Å². The fourth-order valence-electron chi connectivity index (χ4n) is 3.30. The summed E-state index contributed by atoms with van der Waals surface area (Å²) in [5.41, 5.74) is 1.69. The molecule has 1 aromatic carbocycles. The maximum atomic E-state index is 13.0. The van der Waals surface area contributed by atoms with Gasteiger partial charge < -0.3 is 5.32 Å². The van der Waals surface area contributed by atoms with Gasteiger partial charge in [0, 0.05) is 32.3 Å². The fourth-order valence-corrected chi connectivity index (χ4v) is 4.08. The predicted octanol–water partition coefficient (Wildman–Crippen LogP) is 1.49. The number of likely N-dealkylation sites (N-methyl/N-ethyl adjacent to an activating group) is 1. The average molecular weight is 418 g/mol. The van der Waals surface area contributed by atoms with Gasteiger partial charge in [-0.25, -0.2) is 4.98 Å². The smallest absolute Gasteiger partial charge is 0.282 e. The molecule has 2 aromatic heterocycles. The maximum Gasteiger partial charge on any atom is 0.282 e. The van der Waals surface area contributed by atoms with Crippen LogP contribution in [0.3, 0.4) is 0 Å². The van der Waals surface area contributed by atoms with Crippen molar-refractivity contribution < 1.29 is 9.59 Å². The van der Waals surface area contributed by atoms with Crippen LogP contribution in [0.4, 0.5) is 5.82 Å². The van der Waals surface area contributed by atoms with E-state index in [2.05, 4.69) is 31.4 Å². The summed E-state index contributed by atoms with van der Waals surface area (Å²) in [7, 11) is 1.59. The van der Waals surface area contributed by atoms with Gasteiger partial charge in [0.05, 0.1) is 11.6 Å². The summed E-state index contributed by atoms with van der Waals surface area (Å²) in [6.45, 7) is 0. The van der Waals surface area contributed by atoms with Crippen molar-refractivity contribution in [2.45, 2.75) is 18.9 Å². The van der Waals surface area contributed by atoms with Crippen LogP contribution in [0.25, 0.3) is 0 Å². The predicted molar refractivity (Wildman–Crippen MR) is 112 cm³/mol. The van der Waals surface area contributed by atoms with Crippen LogP contribution < -0.4 is 10.2 Å². The zero-order chi connectivity index (χ0) is 21.1. The molecule has 2 amide bonds. The highest BCUT2D eigenvalue weighted by atomic mass is 32.1. The van der Waals surface area contributed by atoms with E-state index in [9.17, 15) is 9.59 Å². The van der Waals surface area contributed by atoms with Crippen molar-refractivity contribution in [3.05, 3.63) is 64.0 Å². The monoisotopic (exact) mass is 418 g/mol. The molecule has 0 radical (unpaired) electrons. The number of anilines is 1. The summed E-state index contributed by atoms with van der Waals surface area (Å²) in [6.07, 6.45) is 9.67. The van der Waals surface area contributed by atoms with E-state index >= 15 is 0 Å². The van der Waals surface area contributed by atoms with Crippen molar-refractivity contribution in [1.82, 2.24) is 25.5 Å². The number of hydrogen-bond donors (Lipinski definition) is 1. The van der Waals surface area contributed by atoms with Gasteiger partial charge in [-0.2, -0.15) is 0 Å². The topological polar surface area (TPSA) is 101 Å². The summed E-state index contributed by atoms with van der Waals surface area (Å²) in [5.74, 6) is 1.68. The SMILES string of the molecule is C#C[C@@H]1Cc2nccnc2N(C)C(=O)[C@@H]1NC(=O)c1nnc(Cc2ccccc2)s1. The van der Waals surface area contributed by atoms with Gasteiger partial charge in [0.15, 0.2) is 5.82 Å². The van der Waals surface area contributed by atoms with E-state index in [4.69, 9.17) is 6.42 Å². The highest BCUT2D eigenvalue weighted by Gasteiger charge is 2.37. The van der Waals surface area contributed by atoms with Gasteiger partial charge >= 0.3 is 0 Å². The standard InChI is InChI=1S/C21H18N6O2S/c1-3-14-12-15-18(23-10-9-22-15)27(2)21(29)17(14)24-19(28)20-26-25-16(30-20)11-13-7-5-4-6-8-13/h1,4-10,14,17H,11-12H2,2H3,(H,24,28)/t14-,17-/m1/s1. The number of benzene rings is 1. The minimum Gasteiger partial charge on any atom is -0.337 e. The van der Waals surface area contributed by atoms with Gasteiger partial charge in [-0.05, 0) is 5.56 Å². The molecule has 0 aliphatic carbocycles. The number of nitrogens with zero attached hydrogens (tertiary/aromatic N) is 5. The molecule has 4 rings (SSSR count). The fraction of sp³-hybridized carbons (Fsp3) is 0.238. The lowest BCUT2D eigenvalue weighted by Crippen LogP contribution is -2.50. The van der Waals surface area contributed by atoms with Crippen LogP contribution in [-0.2, 0) is 17.6 Å². The van der Waals surface area contributed by atoms with Gasteiger partial charge in [0.25, 0.3) is 11.8 Å².